The largest absolute Gasteiger partial charge is 0.358 e. The molecule has 0 aliphatic heterocycles. The highest BCUT2D eigenvalue weighted by molar-refractivity contribution is 5.90. The normalized spacial score (nSPS) is 18.9. The van der Waals surface area contributed by atoms with Crippen LogP contribution in [0.4, 0.5) is 4.39 Å². The van der Waals surface area contributed by atoms with E-state index in [0.29, 0.717) is 12.5 Å². The molecule has 2 aliphatic carbocycles. The second kappa shape index (κ2) is 6.77. The van der Waals surface area contributed by atoms with E-state index in [-0.39, 0.29) is 17.8 Å². The zero-order valence-electron chi connectivity index (χ0n) is 16.2. The molecule has 4 heteroatoms. The van der Waals surface area contributed by atoms with Crippen molar-refractivity contribution in [2.75, 3.05) is 0 Å². The number of benzene rings is 2. The molecular formula is C24H25FN2O. The maximum atomic E-state index is 13.8. The average molecular weight is 376 g/mol. The maximum Gasteiger partial charge on any atom is 0.227 e. The van der Waals surface area contributed by atoms with Crippen LogP contribution in [0.1, 0.15) is 54.1 Å². The summed E-state index contributed by atoms with van der Waals surface area (Å²) >= 11 is 0. The van der Waals surface area contributed by atoms with Gasteiger partial charge in [0, 0.05) is 22.6 Å². The van der Waals surface area contributed by atoms with E-state index >= 15 is 0 Å². The van der Waals surface area contributed by atoms with Gasteiger partial charge in [-0.1, -0.05) is 24.3 Å². The summed E-state index contributed by atoms with van der Waals surface area (Å²) in [6.07, 6.45) is 5.75. The number of hydrogen-bond acceptors (Lipinski definition) is 1. The minimum Gasteiger partial charge on any atom is -0.358 e. The van der Waals surface area contributed by atoms with Crippen molar-refractivity contribution in [3.8, 4) is 0 Å². The summed E-state index contributed by atoms with van der Waals surface area (Å²) in [5.41, 5.74) is 5.46. The first-order valence-electron chi connectivity index (χ1n) is 10.3. The lowest BCUT2D eigenvalue weighted by Crippen LogP contribution is -2.39. The van der Waals surface area contributed by atoms with Gasteiger partial charge in [-0.2, -0.15) is 0 Å². The SMILES string of the molecule is Cc1[nH]c2ccc(F)cc2c1CC(=O)N(C1CC1)C1CCCc2ccccc21. The first kappa shape index (κ1) is 17.5. The molecule has 2 aliphatic rings. The molecule has 0 spiro atoms. The monoisotopic (exact) mass is 376 g/mol. The van der Waals surface area contributed by atoms with E-state index in [1.54, 1.807) is 12.1 Å². The predicted octanol–water partition coefficient (Wildman–Crippen LogP) is 5.23. The number of aryl methyl sites for hydroxylation is 2. The Kier molecular flexibility index (Phi) is 4.22. The Morgan fingerprint density at radius 1 is 1.18 bits per heavy atom. The molecule has 0 bridgehead atoms. The number of halogens is 1. The molecule has 1 aromatic heterocycles. The topological polar surface area (TPSA) is 36.1 Å². The molecule has 3 aromatic rings. The van der Waals surface area contributed by atoms with Gasteiger partial charge in [0.05, 0.1) is 12.5 Å². The zero-order chi connectivity index (χ0) is 19.3. The number of aromatic nitrogens is 1. The van der Waals surface area contributed by atoms with E-state index in [2.05, 4.69) is 34.1 Å². The number of hydrogen-bond donors (Lipinski definition) is 1. The van der Waals surface area contributed by atoms with E-state index in [4.69, 9.17) is 0 Å². The van der Waals surface area contributed by atoms with Gasteiger partial charge in [0.25, 0.3) is 0 Å². The predicted molar refractivity (Wildman–Crippen MR) is 109 cm³/mol. The molecule has 1 saturated carbocycles. The molecule has 144 valence electrons. The highest BCUT2D eigenvalue weighted by Gasteiger charge is 2.39. The number of carbonyl (C=O) groups is 1. The molecule has 5 rings (SSSR count). The third kappa shape index (κ3) is 3.01. The van der Waals surface area contributed by atoms with Crippen molar-refractivity contribution in [3.63, 3.8) is 0 Å². The smallest absolute Gasteiger partial charge is 0.227 e. The minimum atomic E-state index is -0.263. The third-order valence-electron chi connectivity index (χ3n) is 6.31. The van der Waals surface area contributed by atoms with Gasteiger partial charge in [-0.3, -0.25) is 4.79 Å². The molecule has 1 heterocycles. The summed E-state index contributed by atoms with van der Waals surface area (Å²) in [6.45, 7) is 1.97. The van der Waals surface area contributed by atoms with Gasteiger partial charge in [0.2, 0.25) is 5.91 Å². The summed E-state index contributed by atoms with van der Waals surface area (Å²) in [4.78, 5) is 18.9. The van der Waals surface area contributed by atoms with Gasteiger partial charge < -0.3 is 9.88 Å². The second-order valence-electron chi connectivity index (χ2n) is 8.23. The van der Waals surface area contributed by atoms with Gasteiger partial charge in [0.1, 0.15) is 5.82 Å². The quantitative estimate of drug-likeness (QED) is 0.665. The number of carbonyl (C=O) groups excluding carboxylic acids is 1. The summed E-state index contributed by atoms with van der Waals surface area (Å²) in [6, 6.07) is 13.8. The molecule has 1 N–H and O–H groups in total. The molecule has 28 heavy (non-hydrogen) atoms. The maximum absolute atomic E-state index is 13.8. The Hall–Kier alpha value is -2.62. The standard InChI is InChI=1S/C24H25FN2O/c1-15-20(21-13-17(25)9-12-22(21)26-15)14-24(28)27(18-10-11-18)23-8-4-6-16-5-2-3-7-19(16)23/h2-3,5,7,9,12-13,18,23,26H,4,6,8,10-11,14H2,1H3. The number of rotatable bonds is 4. The minimum absolute atomic E-state index is 0.164. The number of nitrogens with one attached hydrogen (secondary N) is 1. The Morgan fingerprint density at radius 3 is 2.82 bits per heavy atom. The average Bonchev–Trinajstić information content (AvgIpc) is 3.48. The summed E-state index contributed by atoms with van der Waals surface area (Å²) < 4.78 is 13.8. The first-order valence-corrected chi connectivity index (χ1v) is 10.3. The van der Waals surface area contributed by atoms with E-state index in [1.807, 2.05) is 6.92 Å². The number of H-pyrrole nitrogens is 1. The van der Waals surface area contributed by atoms with Crippen molar-refractivity contribution in [2.24, 2.45) is 0 Å². The second-order valence-corrected chi connectivity index (χ2v) is 8.23. The Morgan fingerprint density at radius 2 is 2.00 bits per heavy atom. The number of amides is 1. The highest BCUT2D eigenvalue weighted by Crippen LogP contribution is 2.41. The van der Waals surface area contributed by atoms with Gasteiger partial charge in [-0.15, -0.1) is 0 Å². The van der Waals surface area contributed by atoms with Crippen molar-refractivity contribution in [1.82, 2.24) is 9.88 Å². The van der Waals surface area contributed by atoms with Crippen LogP contribution in [0.2, 0.25) is 0 Å². The van der Waals surface area contributed by atoms with Crippen molar-refractivity contribution in [1.29, 1.82) is 0 Å². The molecular weight excluding hydrogens is 351 g/mol. The fraction of sp³-hybridized carbons (Fsp3) is 0.375. The third-order valence-corrected chi connectivity index (χ3v) is 6.31. The van der Waals surface area contributed by atoms with Crippen LogP contribution >= 0.6 is 0 Å². The van der Waals surface area contributed by atoms with E-state index in [1.165, 1.54) is 17.2 Å². The van der Waals surface area contributed by atoms with Gasteiger partial charge in [-0.25, -0.2) is 4.39 Å². The van der Waals surface area contributed by atoms with Gasteiger partial charge >= 0.3 is 0 Å². The Labute approximate surface area is 164 Å². The summed E-state index contributed by atoms with van der Waals surface area (Å²) in [5.74, 6) is -0.0991. The fourth-order valence-corrected chi connectivity index (χ4v) is 4.83. The molecule has 3 nitrogen and oxygen atoms in total. The molecule has 0 radical (unpaired) electrons. The summed E-state index contributed by atoms with van der Waals surface area (Å²) in [5, 5.41) is 0.825. The first-order chi connectivity index (χ1) is 13.6. The number of nitrogens with zero attached hydrogens (tertiary/aromatic N) is 1. The summed E-state index contributed by atoms with van der Waals surface area (Å²) in [7, 11) is 0. The van der Waals surface area contributed by atoms with E-state index in [9.17, 15) is 9.18 Å². The molecule has 1 unspecified atom stereocenters. The highest BCUT2D eigenvalue weighted by atomic mass is 19.1. The van der Waals surface area contributed by atoms with Crippen LogP contribution in [-0.2, 0) is 17.6 Å². The van der Waals surface area contributed by atoms with E-state index < -0.39 is 0 Å². The number of aromatic amines is 1. The zero-order valence-corrected chi connectivity index (χ0v) is 16.2. The lowest BCUT2D eigenvalue weighted by Gasteiger charge is -2.36. The molecule has 1 fully saturated rings. The molecule has 2 aromatic carbocycles. The lowest BCUT2D eigenvalue weighted by molar-refractivity contribution is -0.134. The van der Waals surface area contributed by atoms with Crippen LogP contribution in [0.15, 0.2) is 42.5 Å². The van der Waals surface area contributed by atoms with Crippen LogP contribution in [0.3, 0.4) is 0 Å². The number of fused-ring (bicyclic) bond motifs is 2. The van der Waals surface area contributed by atoms with Crippen LogP contribution in [0, 0.1) is 12.7 Å². The van der Waals surface area contributed by atoms with Crippen molar-refractivity contribution in [2.45, 2.75) is 57.5 Å². The molecule has 1 atom stereocenters. The van der Waals surface area contributed by atoms with Crippen molar-refractivity contribution in [3.05, 3.63) is 70.7 Å². The van der Waals surface area contributed by atoms with Crippen LogP contribution < -0.4 is 0 Å². The van der Waals surface area contributed by atoms with Crippen LogP contribution in [0.25, 0.3) is 10.9 Å². The van der Waals surface area contributed by atoms with Gasteiger partial charge in [0.15, 0.2) is 0 Å². The fourth-order valence-electron chi connectivity index (χ4n) is 4.83. The Bertz CT molecular complexity index is 1050. The molecule has 1 amide bonds. The van der Waals surface area contributed by atoms with E-state index in [0.717, 1.165) is 54.3 Å². The Balaban J connectivity index is 1.49. The van der Waals surface area contributed by atoms with Crippen LogP contribution in [0.5, 0.6) is 0 Å². The van der Waals surface area contributed by atoms with Crippen molar-refractivity contribution < 1.29 is 9.18 Å². The van der Waals surface area contributed by atoms with Gasteiger partial charge in [-0.05, 0) is 73.9 Å². The lowest BCUT2D eigenvalue weighted by atomic mass is 9.86. The molecule has 0 saturated heterocycles. The van der Waals surface area contributed by atoms with Crippen LogP contribution in [-0.4, -0.2) is 21.8 Å². The van der Waals surface area contributed by atoms with Crippen molar-refractivity contribution >= 4 is 16.8 Å².